The van der Waals surface area contributed by atoms with Gasteiger partial charge in [-0.3, -0.25) is 14.3 Å². The van der Waals surface area contributed by atoms with Gasteiger partial charge in [-0.1, -0.05) is 12.8 Å². The van der Waals surface area contributed by atoms with Gasteiger partial charge in [0.05, 0.1) is 28.2 Å². The minimum atomic E-state index is -0.292. The summed E-state index contributed by atoms with van der Waals surface area (Å²) in [6.07, 6.45) is 5.11. The molecule has 1 fully saturated rings. The molecule has 32 heavy (non-hydrogen) atoms. The minimum absolute atomic E-state index is 0.154. The van der Waals surface area contributed by atoms with Gasteiger partial charge in [0.2, 0.25) is 0 Å². The van der Waals surface area contributed by atoms with Crippen molar-refractivity contribution in [1.29, 1.82) is 0 Å². The van der Waals surface area contributed by atoms with Crippen LogP contribution in [0.1, 0.15) is 53.3 Å². The molecule has 3 heterocycles. The summed E-state index contributed by atoms with van der Waals surface area (Å²) in [5.41, 5.74) is 4.12. The molecular formula is C25H23FN4O2. The molecular weight excluding hydrogens is 407 g/mol. The zero-order valence-electron chi connectivity index (χ0n) is 17.8. The maximum Gasteiger partial charge on any atom is 0.259 e. The molecule has 2 aromatic heterocycles. The first-order valence-electron chi connectivity index (χ1n) is 11.2. The predicted molar refractivity (Wildman–Crippen MR) is 122 cm³/mol. The Morgan fingerprint density at radius 1 is 1.16 bits per heavy atom. The van der Waals surface area contributed by atoms with E-state index in [2.05, 4.69) is 4.98 Å². The third kappa shape index (κ3) is 2.80. The van der Waals surface area contributed by atoms with E-state index in [4.69, 9.17) is 5.10 Å². The number of carbonyl (C=O) groups excluding carboxylic acids is 1. The number of hydrogen-bond donors (Lipinski definition) is 1. The van der Waals surface area contributed by atoms with Crippen LogP contribution in [0.25, 0.3) is 21.8 Å². The summed E-state index contributed by atoms with van der Waals surface area (Å²) < 4.78 is 15.6. The van der Waals surface area contributed by atoms with Crippen molar-refractivity contribution in [2.24, 2.45) is 0 Å². The number of nitrogens with zero attached hydrogens (tertiary/aromatic N) is 3. The lowest BCUT2D eigenvalue weighted by atomic mass is 10.1. The molecule has 6 rings (SSSR count). The number of rotatable bonds is 2. The average Bonchev–Trinajstić information content (AvgIpc) is 3.51. The van der Waals surface area contributed by atoms with Gasteiger partial charge in [0.1, 0.15) is 5.82 Å². The first kappa shape index (κ1) is 19.2. The van der Waals surface area contributed by atoms with Gasteiger partial charge >= 0.3 is 0 Å². The zero-order valence-corrected chi connectivity index (χ0v) is 17.8. The molecule has 1 saturated carbocycles. The maximum absolute atomic E-state index is 13.6. The van der Waals surface area contributed by atoms with Crippen LogP contribution in [0.5, 0.6) is 0 Å². The van der Waals surface area contributed by atoms with Crippen molar-refractivity contribution in [1.82, 2.24) is 14.8 Å². The molecule has 1 N–H and O–H groups in total. The first-order chi connectivity index (χ1) is 15.5. The van der Waals surface area contributed by atoms with Gasteiger partial charge < -0.3 is 9.88 Å². The fraction of sp³-hybridized carbons (Fsp3) is 0.320. The van der Waals surface area contributed by atoms with Crippen LogP contribution in [0.2, 0.25) is 0 Å². The Labute approximate surface area is 183 Å². The van der Waals surface area contributed by atoms with Crippen molar-refractivity contribution in [2.75, 3.05) is 11.4 Å². The molecule has 1 amide bonds. The topological polar surface area (TPSA) is 71.0 Å². The molecule has 0 saturated heterocycles. The number of aromatic amines is 1. The Hall–Kier alpha value is -3.48. The molecule has 4 aromatic rings. The smallest absolute Gasteiger partial charge is 0.259 e. The van der Waals surface area contributed by atoms with Crippen LogP contribution in [-0.4, -0.2) is 27.2 Å². The van der Waals surface area contributed by atoms with E-state index < -0.39 is 0 Å². The number of pyridine rings is 1. The van der Waals surface area contributed by atoms with Crippen LogP contribution in [0.15, 0.2) is 41.2 Å². The molecule has 6 nitrogen and oxygen atoms in total. The maximum atomic E-state index is 13.6. The van der Waals surface area contributed by atoms with Gasteiger partial charge in [-0.2, -0.15) is 5.10 Å². The molecule has 0 spiro atoms. The summed E-state index contributed by atoms with van der Waals surface area (Å²) >= 11 is 0. The summed E-state index contributed by atoms with van der Waals surface area (Å²) in [5.74, 6) is -0.446. The minimum Gasteiger partial charge on any atom is -0.321 e. The summed E-state index contributed by atoms with van der Waals surface area (Å²) in [5, 5.41) is 6.25. The van der Waals surface area contributed by atoms with Crippen molar-refractivity contribution in [3.63, 3.8) is 0 Å². The Kier molecular flexibility index (Phi) is 4.22. The van der Waals surface area contributed by atoms with Gasteiger partial charge in [-0.25, -0.2) is 4.39 Å². The fourth-order valence-corrected chi connectivity index (χ4v) is 5.40. The lowest BCUT2D eigenvalue weighted by Crippen LogP contribution is -2.28. The SMILES string of the molecule is Cc1nn(C2CCCC2)c2c1c(=O)[nH]c1cc(C(=O)N3CCc4cc(F)ccc43)ccc12. The number of nitrogens with one attached hydrogen (secondary N) is 1. The van der Waals surface area contributed by atoms with Crippen LogP contribution in [0.3, 0.4) is 0 Å². The first-order valence-corrected chi connectivity index (χ1v) is 11.2. The Balaban J connectivity index is 1.47. The number of aromatic nitrogens is 3. The third-order valence-corrected chi connectivity index (χ3v) is 6.94. The van der Waals surface area contributed by atoms with Gasteiger partial charge in [0, 0.05) is 23.2 Å². The van der Waals surface area contributed by atoms with Crippen LogP contribution < -0.4 is 10.5 Å². The molecule has 1 aliphatic heterocycles. The molecule has 0 bridgehead atoms. The van der Waals surface area contributed by atoms with Crippen LogP contribution in [-0.2, 0) is 6.42 Å². The molecule has 162 valence electrons. The lowest BCUT2D eigenvalue weighted by molar-refractivity contribution is 0.0989. The van der Waals surface area contributed by atoms with Crippen LogP contribution in [0, 0.1) is 12.7 Å². The molecule has 2 aromatic carbocycles. The highest BCUT2D eigenvalue weighted by Gasteiger charge is 2.27. The highest BCUT2D eigenvalue weighted by atomic mass is 19.1. The number of amides is 1. The van der Waals surface area contributed by atoms with E-state index in [1.807, 2.05) is 23.7 Å². The molecule has 0 radical (unpaired) electrons. The fourth-order valence-electron chi connectivity index (χ4n) is 5.40. The quantitative estimate of drug-likeness (QED) is 0.504. The van der Waals surface area contributed by atoms with Gasteiger partial charge in [0.25, 0.3) is 11.5 Å². The van der Waals surface area contributed by atoms with E-state index in [1.165, 1.54) is 25.0 Å². The van der Waals surface area contributed by atoms with Gasteiger partial charge in [-0.15, -0.1) is 0 Å². The summed E-state index contributed by atoms with van der Waals surface area (Å²) in [7, 11) is 0. The number of benzene rings is 2. The van der Waals surface area contributed by atoms with Crippen molar-refractivity contribution in [3.05, 3.63) is 69.4 Å². The highest BCUT2D eigenvalue weighted by molar-refractivity contribution is 6.11. The number of halogens is 1. The van der Waals surface area contributed by atoms with Gasteiger partial charge in [-0.05, 0) is 68.1 Å². The summed E-state index contributed by atoms with van der Waals surface area (Å²) in [4.78, 5) is 30.9. The summed E-state index contributed by atoms with van der Waals surface area (Å²) in [6.45, 7) is 2.39. The predicted octanol–water partition coefficient (Wildman–Crippen LogP) is 4.64. The second-order valence-electron chi connectivity index (χ2n) is 8.89. The molecule has 2 aliphatic rings. The van der Waals surface area contributed by atoms with Crippen molar-refractivity contribution in [2.45, 2.75) is 45.1 Å². The van der Waals surface area contributed by atoms with Crippen molar-refractivity contribution < 1.29 is 9.18 Å². The number of anilines is 1. The number of carbonyl (C=O) groups is 1. The number of H-pyrrole nitrogens is 1. The lowest BCUT2D eigenvalue weighted by Gasteiger charge is -2.18. The summed E-state index contributed by atoms with van der Waals surface area (Å²) in [6, 6.07) is 10.3. The number of fused-ring (bicyclic) bond motifs is 4. The van der Waals surface area contributed by atoms with Crippen LogP contribution in [0.4, 0.5) is 10.1 Å². The molecule has 0 atom stereocenters. The number of aryl methyl sites for hydroxylation is 1. The average molecular weight is 430 g/mol. The second kappa shape index (κ2) is 7.02. The van der Waals surface area contributed by atoms with E-state index in [0.29, 0.717) is 35.5 Å². The molecule has 0 unspecified atom stereocenters. The second-order valence-corrected chi connectivity index (χ2v) is 8.89. The van der Waals surface area contributed by atoms with E-state index >= 15 is 0 Å². The van der Waals surface area contributed by atoms with E-state index in [1.54, 1.807) is 17.0 Å². The zero-order chi connectivity index (χ0) is 22.0. The Morgan fingerprint density at radius 3 is 2.78 bits per heavy atom. The third-order valence-electron chi connectivity index (χ3n) is 6.94. The Bertz CT molecular complexity index is 1460. The van der Waals surface area contributed by atoms with Crippen LogP contribution >= 0.6 is 0 Å². The standard InChI is InChI=1S/C25H23FN4O2/c1-14-22-23(30(28-14)18-4-2-3-5-18)19-8-6-16(13-20(19)27-24(22)31)25(32)29-11-10-15-12-17(26)7-9-21(15)29/h6-9,12-13,18H,2-5,10-11H2,1H3,(H,27,31). The normalized spacial score (nSPS) is 16.4. The van der Waals surface area contributed by atoms with Crippen molar-refractivity contribution in [3.8, 4) is 0 Å². The molecule has 7 heteroatoms. The Morgan fingerprint density at radius 2 is 1.97 bits per heavy atom. The van der Waals surface area contributed by atoms with E-state index in [9.17, 15) is 14.0 Å². The van der Waals surface area contributed by atoms with E-state index in [0.717, 1.165) is 40.7 Å². The monoisotopic (exact) mass is 430 g/mol. The highest BCUT2D eigenvalue weighted by Crippen LogP contribution is 2.35. The van der Waals surface area contributed by atoms with Crippen molar-refractivity contribution >= 4 is 33.4 Å². The number of hydrogen-bond acceptors (Lipinski definition) is 3. The van der Waals surface area contributed by atoms with Gasteiger partial charge in [0.15, 0.2) is 0 Å². The molecule has 1 aliphatic carbocycles. The largest absolute Gasteiger partial charge is 0.321 e. The van der Waals surface area contributed by atoms with E-state index in [-0.39, 0.29) is 17.3 Å².